The van der Waals surface area contributed by atoms with Crippen LogP contribution in [-0.4, -0.2) is 35.6 Å². The highest BCUT2D eigenvalue weighted by Gasteiger charge is 2.34. The van der Waals surface area contributed by atoms with Gasteiger partial charge >= 0.3 is 0 Å². The van der Waals surface area contributed by atoms with Crippen LogP contribution in [0.25, 0.3) is 0 Å². The molecule has 2 amide bonds. The van der Waals surface area contributed by atoms with Crippen LogP contribution in [0.5, 0.6) is 0 Å². The number of hydrogen-bond acceptors (Lipinski definition) is 3. The summed E-state index contributed by atoms with van der Waals surface area (Å²) in [6, 6.07) is 15.8. The molecule has 2 aromatic rings. The van der Waals surface area contributed by atoms with E-state index in [-0.39, 0.29) is 11.8 Å². The number of likely N-dealkylation sites (tertiary alicyclic amines) is 1. The summed E-state index contributed by atoms with van der Waals surface area (Å²) in [7, 11) is 0. The Hall–Kier alpha value is -2.27. The van der Waals surface area contributed by atoms with E-state index in [0.717, 1.165) is 48.5 Å². The average molecular weight is 455 g/mol. The Labute approximate surface area is 198 Å². The number of nitrogens with zero attached hydrogens (tertiary/aromatic N) is 1. The highest BCUT2D eigenvalue weighted by atomic mass is 32.2. The van der Waals surface area contributed by atoms with Gasteiger partial charge in [0.1, 0.15) is 0 Å². The standard InChI is InChI=1S/C25H32N2O2S.C2H6/c1-4-30-22-14-8-19(9-15-22)18-23(28)26-21-12-10-20(11-13-21)25(2,3)24(29)27-16-6-5-7-17-27;1-2/h8-15H,4-7,16-18H2,1-3H3,(H,26,28);1-2H3. The molecule has 32 heavy (non-hydrogen) atoms. The molecule has 1 heterocycles. The summed E-state index contributed by atoms with van der Waals surface area (Å²) in [5, 5.41) is 2.96. The van der Waals surface area contributed by atoms with Crippen molar-refractivity contribution in [1.29, 1.82) is 0 Å². The summed E-state index contributed by atoms with van der Waals surface area (Å²) in [5.41, 5.74) is 2.15. The van der Waals surface area contributed by atoms with Gasteiger partial charge in [-0.05, 0) is 74.3 Å². The Kier molecular flexibility index (Phi) is 10.3. The van der Waals surface area contributed by atoms with Crippen LogP contribution in [0.15, 0.2) is 53.4 Å². The van der Waals surface area contributed by atoms with Crippen molar-refractivity contribution in [3.05, 3.63) is 59.7 Å². The van der Waals surface area contributed by atoms with Gasteiger partial charge in [0.15, 0.2) is 0 Å². The van der Waals surface area contributed by atoms with E-state index in [1.807, 2.05) is 69.0 Å². The lowest BCUT2D eigenvalue weighted by Crippen LogP contribution is -2.45. The molecule has 1 saturated heterocycles. The topological polar surface area (TPSA) is 49.4 Å². The second-order valence-electron chi connectivity index (χ2n) is 8.36. The maximum absolute atomic E-state index is 13.0. The minimum absolute atomic E-state index is 0.0395. The molecule has 3 rings (SSSR count). The van der Waals surface area contributed by atoms with Crippen molar-refractivity contribution in [3.63, 3.8) is 0 Å². The summed E-state index contributed by atoms with van der Waals surface area (Å²) < 4.78 is 0. The molecule has 1 aliphatic heterocycles. The number of nitrogens with one attached hydrogen (secondary N) is 1. The first-order chi connectivity index (χ1) is 15.4. The molecule has 1 aliphatic rings. The maximum Gasteiger partial charge on any atom is 0.232 e. The molecule has 4 nitrogen and oxygen atoms in total. The smallest absolute Gasteiger partial charge is 0.232 e. The molecule has 174 valence electrons. The molecule has 0 saturated carbocycles. The van der Waals surface area contributed by atoms with Crippen LogP contribution < -0.4 is 5.32 Å². The van der Waals surface area contributed by atoms with Crippen LogP contribution in [0.1, 0.15) is 65.0 Å². The summed E-state index contributed by atoms with van der Waals surface area (Å²) in [6.45, 7) is 11.8. The van der Waals surface area contributed by atoms with E-state index in [1.54, 1.807) is 11.8 Å². The van der Waals surface area contributed by atoms with Crippen molar-refractivity contribution >= 4 is 29.3 Å². The third-order valence-corrected chi connectivity index (χ3v) is 6.56. The SMILES string of the molecule is CC.CCSc1ccc(CC(=O)Nc2ccc(C(C)(C)C(=O)N3CCCCC3)cc2)cc1. The van der Waals surface area contributed by atoms with Crippen LogP contribution in [0.2, 0.25) is 0 Å². The van der Waals surface area contributed by atoms with Crippen molar-refractivity contribution in [2.45, 2.75) is 70.6 Å². The molecule has 1 N–H and O–H groups in total. The minimum Gasteiger partial charge on any atom is -0.342 e. The van der Waals surface area contributed by atoms with Crippen LogP contribution in [0.3, 0.4) is 0 Å². The van der Waals surface area contributed by atoms with E-state index in [1.165, 1.54) is 11.3 Å². The van der Waals surface area contributed by atoms with Gasteiger partial charge in [0.25, 0.3) is 0 Å². The molecule has 0 atom stereocenters. The quantitative estimate of drug-likeness (QED) is 0.500. The highest BCUT2D eigenvalue weighted by Crippen LogP contribution is 2.28. The summed E-state index contributed by atoms with van der Waals surface area (Å²) in [4.78, 5) is 28.6. The maximum atomic E-state index is 13.0. The van der Waals surface area contributed by atoms with Gasteiger partial charge < -0.3 is 10.2 Å². The highest BCUT2D eigenvalue weighted by molar-refractivity contribution is 7.99. The predicted molar refractivity (Wildman–Crippen MR) is 136 cm³/mol. The summed E-state index contributed by atoms with van der Waals surface area (Å²) >= 11 is 1.79. The lowest BCUT2D eigenvalue weighted by Gasteiger charge is -2.34. The van der Waals surface area contributed by atoms with Gasteiger partial charge in [0, 0.05) is 23.7 Å². The number of carbonyl (C=O) groups is 2. The van der Waals surface area contributed by atoms with Crippen LogP contribution in [0, 0.1) is 0 Å². The van der Waals surface area contributed by atoms with Crippen molar-refractivity contribution in [2.75, 3.05) is 24.2 Å². The normalized spacial score (nSPS) is 13.7. The number of thioether (sulfide) groups is 1. The number of piperidine rings is 1. The zero-order chi connectivity index (χ0) is 23.6. The van der Waals surface area contributed by atoms with Gasteiger partial charge in [-0.15, -0.1) is 11.8 Å². The van der Waals surface area contributed by atoms with Gasteiger partial charge in [-0.3, -0.25) is 9.59 Å². The Morgan fingerprint density at radius 2 is 1.53 bits per heavy atom. The average Bonchev–Trinajstić information content (AvgIpc) is 2.82. The van der Waals surface area contributed by atoms with E-state index in [4.69, 9.17) is 0 Å². The molecule has 0 spiro atoms. The second-order valence-corrected chi connectivity index (χ2v) is 9.69. The molecule has 5 heteroatoms. The summed E-state index contributed by atoms with van der Waals surface area (Å²) in [6.07, 6.45) is 3.73. The monoisotopic (exact) mass is 454 g/mol. The van der Waals surface area contributed by atoms with Crippen LogP contribution in [0.4, 0.5) is 5.69 Å². The Bertz CT molecular complexity index is 854. The van der Waals surface area contributed by atoms with Crippen molar-refractivity contribution in [2.24, 2.45) is 0 Å². The first kappa shape index (κ1) is 26.0. The fourth-order valence-corrected chi connectivity index (χ4v) is 4.51. The predicted octanol–water partition coefficient (Wildman–Crippen LogP) is 6.30. The summed E-state index contributed by atoms with van der Waals surface area (Å²) in [5.74, 6) is 1.18. The van der Waals surface area contributed by atoms with Crippen LogP contribution in [-0.2, 0) is 21.4 Å². The van der Waals surface area contributed by atoms with E-state index < -0.39 is 5.41 Å². The molecular formula is C27H38N2O2S. The number of hydrogen-bond donors (Lipinski definition) is 1. The Morgan fingerprint density at radius 3 is 2.09 bits per heavy atom. The number of carbonyl (C=O) groups excluding carboxylic acids is 2. The van der Waals surface area contributed by atoms with Crippen molar-refractivity contribution in [3.8, 4) is 0 Å². The Balaban J connectivity index is 0.00000176. The van der Waals surface area contributed by atoms with E-state index in [9.17, 15) is 9.59 Å². The fraction of sp³-hybridized carbons (Fsp3) is 0.481. The molecule has 2 aromatic carbocycles. The van der Waals surface area contributed by atoms with E-state index >= 15 is 0 Å². The third-order valence-electron chi connectivity index (χ3n) is 5.67. The number of amides is 2. The first-order valence-electron chi connectivity index (χ1n) is 11.8. The lowest BCUT2D eigenvalue weighted by atomic mass is 9.82. The number of anilines is 1. The van der Waals surface area contributed by atoms with Gasteiger partial charge in [-0.25, -0.2) is 0 Å². The molecule has 0 aliphatic carbocycles. The minimum atomic E-state index is -0.571. The van der Waals surface area contributed by atoms with Crippen LogP contribution >= 0.6 is 11.8 Å². The fourth-order valence-electron chi connectivity index (χ4n) is 3.85. The van der Waals surface area contributed by atoms with E-state index in [2.05, 4.69) is 24.4 Å². The van der Waals surface area contributed by atoms with Gasteiger partial charge in [-0.1, -0.05) is 45.0 Å². The molecule has 0 aromatic heterocycles. The first-order valence-corrected chi connectivity index (χ1v) is 12.8. The lowest BCUT2D eigenvalue weighted by molar-refractivity contribution is -0.137. The molecule has 1 fully saturated rings. The second kappa shape index (κ2) is 12.7. The number of rotatable bonds is 7. The van der Waals surface area contributed by atoms with Gasteiger partial charge in [0.2, 0.25) is 11.8 Å². The van der Waals surface area contributed by atoms with Gasteiger partial charge in [-0.2, -0.15) is 0 Å². The Morgan fingerprint density at radius 1 is 0.938 bits per heavy atom. The van der Waals surface area contributed by atoms with Gasteiger partial charge in [0.05, 0.1) is 11.8 Å². The third kappa shape index (κ3) is 7.13. The van der Waals surface area contributed by atoms with E-state index in [0.29, 0.717) is 6.42 Å². The molecule has 0 radical (unpaired) electrons. The van der Waals surface area contributed by atoms with Crippen molar-refractivity contribution in [1.82, 2.24) is 4.90 Å². The van der Waals surface area contributed by atoms with Crippen molar-refractivity contribution < 1.29 is 9.59 Å². The number of benzene rings is 2. The molecule has 0 unspecified atom stereocenters. The zero-order valence-electron chi connectivity index (χ0n) is 20.2. The zero-order valence-corrected chi connectivity index (χ0v) is 21.1. The molecular weight excluding hydrogens is 416 g/mol. The molecule has 0 bridgehead atoms. The largest absolute Gasteiger partial charge is 0.342 e.